The Balaban J connectivity index is 2.17. The fourth-order valence-electron chi connectivity index (χ4n) is 2.12. The number of benzene rings is 2. The zero-order valence-corrected chi connectivity index (χ0v) is 13.8. The summed E-state index contributed by atoms with van der Waals surface area (Å²) in [5.74, 6) is 0.314. The fraction of sp³-hybridized carbons (Fsp3) is 0.235. The molecule has 1 N–H and O–H groups in total. The molecular formula is C17H18INO. The highest BCUT2D eigenvalue weighted by atomic mass is 127. The van der Waals surface area contributed by atoms with Crippen molar-refractivity contribution in [1.29, 1.82) is 0 Å². The van der Waals surface area contributed by atoms with Gasteiger partial charge in [-0.05, 0) is 58.3 Å². The average Bonchev–Trinajstić information content (AvgIpc) is 2.46. The molecule has 0 heterocycles. The van der Waals surface area contributed by atoms with Crippen LogP contribution in [-0.4, -0.2) is 5.91 Å². The van der Waals surface area contributed by atoms with Gasteiger partial charge in [-0.3, -0.25) is 4.79 Å². The Morgan fingerprint density at radius 3 is 2.15 bits per heavy atom. The number of hydrogen-bond donors (Lipinski definition) is 1. The molecule has 1 amide bonds. The molecule has 0 radical (unpaired) electrons. The van der Waals surface area contributed by atoms with Crippen LogP contribution in [0.5, 0.6) is 0 Å². The van der Waals surface area contributed by atoms with Gasteiger partial charge in [-0.15, -0.1) is 0 Å². The first-order valence-corrected chi connectivity index (χ1v) is 7.77. The van der Waals surface area contributed by atoms with E-state index in [-0.39, 0.29) is 11.9 Å². The lowest BCUT2D eigenvalue weighted by molar-refractivity contribution is 0.0925. The van der Waals surface area contributed by atoms with Crippen molar-refractivity contribution in [2.24, 2.45) is 5.92 Å². The van der Waals surface area contributed by atoms with Gasteiger partial charge in [-0.2, -0.15) is 0 Å². The number of halogens is 1. The maximum absolute atomic E-state index is 12.3. The van der Waals surface area contributed by atoms with Crippen LogP contribution >= 0.6 is 22.6 Å². The second-order valence-corrected chi connectivity index (χ2v) is 6.36. The van der Waals surface area contributed by atoms with Gasteiger partial charge in [0.15, 0.2) is 0 Å². The van der Waals surface area contributed by atoms with Crippen molar-refractivity contribution < 1.29 is 4.79 Å². The molecule has 2 aromatic rings. The van der Waals surface area contributed by atoms with E-state index in [9.17, 15) is 4.79 Å². The van der Waals surface area contributed by atoms with E-state index in [0.29, 0.717) is 11.5 Å². The van der Waals surface area contributed by atoms with Gasteiger partial charge in [0, 0.05) is 9.13 Å². The third kappa shape index (κ3) is 3.82. The third-order valence-corrected chi connectivity index (χ3v) is 3.94. The zero-order valence-electron chi connectivity index (χ0n) is 11.6. The minimum absolute atomic E-state index is 0.0241. The molecule has 2 rings (SSSR count). The first-order chi connectivity index (χ1) is 9.58. The van der Waals surface area contributed by atoms with Gasteiger partial charge in [0.25, 0.3) is 5.91 Å². The van der Waals surface area contributed by atoms with Crippen molar-refractivity contribution in [3.8, 4) is 0 Å². The predicted molar refractivity (Wildman–Crippen MR) is 90.6 cm³/mol. The Morgan fingerprint density at radius 2 is 1.60 bits per heavy atom. The summed E-state index contributed by atoms with van der Waals surface area (Å²) in [4.78, 5) is 12.3. The van der Waals surface area contributed by atoms with Gasteiger partial charge in [0.05, 0.1) is 6.04 Å². The zero-order chi connectivity index (χ0) is 14.5. The van der Waals surface area contributed by atoms with E-state index >= 15 is 0 Å². The summed E-state index contributed by atoms with van der Waals surface area (Å²) in [6.07, 6.45) is 0. The lowest BCUT2D eigenvalue weighted by Gasteiger charge is -2.23. The highest BCUT2D eigenvalue weighted by Crippen LogP contribution is 2.22. The summed E-state index contributed by atoms with van der Waals surface area (Å²) in [7, 11) is 0. The van der Waals surface area contributed by atoms with Crippen molar-refractivity contribution in [3.05, 3.63) is 69.3 Å². The SMILES string of the molecule is CC(C)C(NC(=O)c1ccc(I)cc1)c1ccccc1. The topological polar surface area (TPSA) is 29.1 Å². The molecule has 0 saturated carbocycles. The molecule has 104 valence electrons. The minimum Gasteiger partial charge on any atom is -0.345 e. The monoisotopic (exact) mass is 379 g/mol. The second kappa shape index (κ2) is 6.88. The Kier molecular flexibility index (Phi) is 5.17. The van der Waals surface area contributed by atoms with Crippen LogP contribution in [0.1, 0.15) is 35.8 Å². The van der Waals surface area contributed by atoms with E-state index in [2.05, 4.69) is 53.9 Å². The molecule has 0 bridgehead atoms. The van der Waals surface area contributed by atoms with Crippen molar-refractivity contribution in [2.75, 3.05) is 0 Å². The van der Waals surface area contributed by atoms with Crippen LogP contribution in [0, 0.1) is 9.49 Å². The summed E-state index contributed by atoms with van der Waals surface area (Å²) < 4.78 is 1.13. The first-order valence-electron chi connectivity index (χ1n) is 6.69. The van der Waals surface area contributed by atoms with Crippen LogP contribution < -0.4 is 5.32 Å². The van der Waals surface area contributed by atoms with Crippen molar-refractivity contribution in [2.45, 2.75) is 19.9 Å². The molecule has 1 atom stereocenters. The molecule has 0 aliphatic rings. The average molecular weight is 379 g/mol. The molecular weight excluding hydrogens is 361 g/mol. The Bertz CT molecular complexity index is 563. The van der Waals surface area contributed by atoms with E-state index in [1.807, 2.05) is 42.5 Å². The van der Waals surface area contributed by atoms with E-state index in [4.69, 9.17) is 0 Å². The van der Waals surface area contributed by atoms with Crippen molar-refractivity contribution >= 4 is 28.5 Å². The molecule has 1 unspecified atom stereocenters. The summed E-state index contributed by atoms with van der Waals surface area (Å²) in [5.41, 5.74) is 1.84. The molecule has 0 fully saturated rings. The van der Waals surface area contributed by atoms with Gasteiger partial charge < -0.3 is 5.32 Å². The van der Waals surface area contributed by atoms with Gasteiger partial charge in [-0.25, -0.2) is 0 Å². The molecule has 0 spiro atoms. The summed E-state index contributed by atoms with van der Waals surface area (Å²) in [6.45, 7) is 4.23. The molecule has 0 aliphatic heterocycles. The molecule has 0 aromatic heterocycles. The standard InChI is InChI=1S/C17H18INO/c1-12(2)16(13-6-4-3-5-7-13)19-17(20)14-8-10-15(18)11-9-14/h3-12,16H,1-2H3,(H,19,20). The Labute approximate surface area is 133 Å². The summed E-state index contributed by atoms with van der Waals surface area (Å²) >= 11 is 2.23. The molecule has 0 saturated heterocycles. The maximum Gasteiger partial charge on any atom is 0.251 e. The quantitative estimate of drug-likeness (QED) is 0.783. The van der Waals surface area contributed by atoms with Crippen LogP contribution in [0.3, 0.4) is 0 Å². The normalized spacial score (nSPS) is 12.2. The highest BCUT2D eigenvalue weighted by Gasteiger charge is 2.18. The van der Waals surface area contributed by atoms with E-state index < -0.39 is 0 Å². The third-order valence-electron chi connectivity index (χ3n) is 3.22. The lowest BCUT2D eigenvalue weighted by atomic mass is 9.95. The van der Waals surface area contributed by atoms with E-state index in [1.54, 1.807) is 0 Å². The maximum atomic E-state index is 12.3. The minimum atomic E-state index is -0.0241. The van der Waals surface area contributed by atoms with Gasteiger partial charge in [-0.1, -0.05) is 44.2 Å². The second-order valence-electron chi connectivity index (χ2n) is 5.11. The number of carbonyl (C=O) groups excluding carboxylic acids is 1. The lowest BCUT2D eigenvalue weighted by Crippen LogP contribution is -2.31. The van der Waals surface area contributed by atoms with E-state index in [1.165, 1.54) is 0 Å². The molecule has 20 heavy (non-hydrogen) atoms. The van der Waals surface area contributed by atoms with Crippen molar-refractivity contribution in [3.63, 3.8) is 0 Å². The smallest absolute Gasteiger partial charge is 0.251 e. The molecule has 3 heteroatoms. The number of nitrogens with one attached hydrogen (secondary N) is 1. The van der Waals surface area contributed by atoms with Crippen LogP contribution in [0.2, 0.25) is 0 Å². The highest BCUT2D eigenvalue weighted by molar-refractivity contribution is 14.1. The number of hydrogen-bond acceptors (Lipinski definition) is 1. The summed E-state index contributed by atoms with van der Waals surface area (Å²) in [6, 6.07) is 17.7. The molecule has 2 nitrogen and oxygen atoms in total. The van der Waals surface area contributed by atoms with Crippen LogP contribution in [0.25, 0.3) is 0 Å². The van der Waals surface area contributed by atoms with Gasteiger partial charge in [0.2, 0.25) is 0 Å². The number of amides is 1. The summed E-state index contributed by atoms with van der Waals surface area (Å²) in [5, 5.41) is 3.13. The van der Waals surface area contributed by atoms with E-state index in [0.717, 1.165) is 9.13 Å². The first kappa shape index (κ1) is 15.0. The Morgan fingerprint density at radius 1 is 1.00 bits per heavy atom. The van der Waals surface area contributed by atoms with Crippen LogP contribution in [0.4, 0.5) is 0 Å². The van der Waals surface area contributed by atoms with Crippen LogP contribution in [0.15, 0.2) is 54.6 Å². The molecule has 2 aromatic carbocycles. The van der Waals surface area contributed by atoms with Gasteiger partial charge >= 0.3 is 0 Å². The van der Waals surface area contributed by atoms with Crippen molar-refractivity contribution in [1.82, 2.24) is 5.32 Å². The largest absolute Gasteiger partial charge is 0.345 e. The van der Waals surface area contributed by atoms with Crippen LogP contribution in [-0.2, 0) is 0 Å². The number of carbonyl (C=O) groups is 1. The fourth-order valence-corrected chi connectivity index (χ4v) is 2.48. The predicted octanol–water partition coefficient (Wildman–Crippen LogP) is 4.42. The Hall–Kier alpha value is -1.36. The number of rotatable bonds is 4. The molecule has 0 aliphatic carbocycles. The van der Waals surface area contributed by atoms with Gasteiger partial charge in [0.1, 0.15) is 0 Å².